The second-order valence-corrected chi connectivity index (χ2v) is 10.5. The third-order valence-electron chi connectivity index (χ3n) is 8.00. The first-order valence-electron chi connectivity index (χ1n) is 13.8. The standard InChI is InChI=1S/C32H45N/c1-2-3-7-10-28-18-22-31(23-19-28)32-24-20-30(21-25-32)17-16-29-14-12-27(13-15-29)11-8-5-4-6-9-26-33/h4-6,9,16-19,22-23,27,29-30,32H,2-3,7-8,10-15,20-21,24-25H2,1H3/b5-4?,9-6?,17-16+/t27-,29-,30-,32-. The molecule has 0 unspecified atom stereocenters. The molecular formula is C32H45N. The molecule has 0 atom stereocenters. The number of hydrogen-bond donors (Lipinski definition) is 0. The van der Waals surface area contributed by atoms with E-state index in [0.29, 0.717) is 0 Å². The number of nitriles is 1. The van der Waals surface area contributed by atoms with Crippen LogP contribution in [-0.2, 0) is 6.42 Å². The Labute approximate surface area is 203 Å². The molecular weight excluding hydrogens is 398 g/mol. The van der Waals surface area contributed by atoms with Crippen molar-refractivity contribution in [2.75, 3.05) is 0 Å². The number of benzene rings is 1. The van der Waals surface area contributed by atoms with Crippen molar-refractivity contribution in [2.24, 2.45) is 17.8 Å². The van der Waals surface area contributed by atoms with Gasteiger partial charge in [0.05, 0.1) is 6.07 Å². The van der Waals surface area contributed by atoms with Gasteiger partial charge in [0, 0.05) is 6.08 Å². The highest BCUT2D eigenvalue weighted by atomic mass is 14.3. The summed E-state index contributed by atoms with van der Waals surface area (Å²) in [5.41, 5.74) is 3.09. The predicted octanol–water partition coefficient (Wildman–Crippen LogP) is 9.47. The highest BCUT2D eigenvalue weighted by Crippen LogP contribution is 2.38. The summed E-state index contributed by atoms with van der Waals surface area (Å²) in [4.78, 5) is 0. The van der Waals surface area contributed by atoms with E-state index in [1.807, 2.05) is 18.2 Å². The lowest BCUT2D eigenvalue weighted by Crippen LogP contribution is -2.14. The molecule has 1 aromatic carbocycles. The van der Waals surface area contributed by atoms with Crippen molar-refractivity contribution in [3.8, 4) is 6.07 Å². The summed E-state index contributed by atoms with van der Waals surface area (Å²) in [5.74, 6) is 3.29. The van der Waals surface area contributed by atoms with Gasteiger partial charge in [0.15, 0.2) is 0 Å². The lowest BCUT2D eigenvalue weighted by molar-refractivity contribution is 0.295. The normalized spacial score (nSPS) is 26.3. The summed E-state index contributed by atoms with van der Waals surface area (Å²) < 4.78 is 0. The molecule has 0 radical (unpaired) electrons. The molecule has 0 aliphatic heterocycles. The fourth-order valence-corrected chi connectivity index (χ4v) is 5.77. The lowest BCUT2D eigenvalue weighted by atomic mass is 9.76. The molecule has 2 saturated carbocycles. The predicted molar refractivity (Wildman–Crippen MR) is 142 cm³/mol. The van der Waals surface area contributed by atoms with Crippen molar-refractivity contribution in [3.05, 3.63) is 71.8 Å². The van der Waals surface area contributed by atoms with Crippen LogP contribution in [0.15, 0.2) is 60.7 Å². The van der Waals surface area contributed by atoms with E-state index in [1.165, 1.54) is 95.1 Å². The Hall–Kier alpha value is -2.07. The SMILES string of the molecule is CCCCCc1ccc([C@H]2CC[C@H](/C=C/[C@H]3CC[C@H](CCC=CC=CC#N)CC3)CC2)cc1. The van der Waals surface area contributed by atoms with Crippen LogP contribution < -0.4 is 0 Å². The van der Waals surface area contributed by atoms with Crippen LogP contribution in [0, 0.1) is 29.1 Å². The van der Waals surface area contributed by atoms with Crippen LogP contribution in [0.1, 0.15) is 107 Å². The van der Waals surface area contributed by atoms with E-state index >= 15 is 0 Å². The number of aryl methyl sites for hydroxylation is 1. The van der Waals surface area contributed by atoms with Gasteiger partial charge in [-0.15, -0.1) is 0 Å². The maximum Gasteiger partial charge on any atom is 0.0912 e. The van der Waals surface area contributed by atoms with Crippen molar-refractivity contribution in [3.63, 3.8) is 0 Å². The average molecular weight is 444 g/mol. The van der Waals surface area contributed by atoms with Crippen molar-refractivity contribution >= 4 is 0 Å². The zero-order chi connectivity index (χ0) is 23.1. The molecule has 0 heterocycles. The maximum atomic E-state index is 8.50. The number of allylic oxidation sites excluding steroid dienone is 6. The Kier molecular flexibility index (Phi) is 11.6. The average Bonchev–Trinajstić information content (AvgIpc) is 2.86. The van der Waals surface area contributed by atoms with E-state index in [2.05, 4.69) is 49.4 Å². The zero-order valence-corrected chi connectivity index (χ0v) is 20.9. The zero-order valence-electron chi connectivity index (χ0n) is 20.9. The second kappa shape index (κ2) is 15.0. The molecule has 0 N–H and O–H groups in total. The highest BCUT2D eigenvalue weighted by Gasteiger charge is 2.22. The summed E-state index contributed by atoms with van der Waals surface area (Å²) in [6.07, 6.45) is 31.4. The van der Waals surface area contributed by atoms with Gasteiger partial charge < -0.3 is 0 Å². The van der Waals surface area contributed by atoms with Crippen LogP contribution in [-0.4, -0.2) is 0 Å². The smallest absolute Gasteiger partial charge is 0.0912 e. The minimum absolute atomic E-state index is 0.777. The quantitative estimate of drug-likeness (QED) is 0.144. The van der Waals surface area contributed by atoms with Gasteiger partial charge in [-0.1, -0.05) is 74.4 Å². The summed E-state index contributed by atoms with van der Waals surface area (Å²) in [6.45, 7) is 2.28. The van der Waals surface area contributed by atoms with Gasteiger partial charge in [-0.05, 0) is 112 Å². The molecule has 2 fully saturated rings. The van der Waals surface area contributed by atoms with Crippen molar-refractivity contribution < 1.29 is 0 Å². The van der Waals surface area contributed by atoms with E-state index in [-0.39, 0.29) is 0 Å². The second-order valence-electron chi connectivity index (χ2n) is 10.5. The third kappa shape index (κ3) is 9.37. The molecule has 0 aromatic heterocycles. The Bertz CT molecular complexity index is 775. The molecule has 0 bridgehead atoms. The number of nitrogens with zero attached hydrogens (tertiary/aromatic N) is 1. The van der Waals surface area contributed by atoms with E-state index < -0.39 is 0 Å². The van der Waals surface area contributed by atoms with Crippen LogP contribution >= 0.6 is 0 Å². The molecule has 0 saturated heterocycles. The molecule has 1 nitrogen and oxygen atoms in total. The molecule has 178 valence electrons. The van der Waals surface area contributed by atoms with Crippen molar-refractivity contribution in [1.29, 1.82) is 5.26 Å². The largest absolute Gasteiger partial charge is 0.193 e. The molecule has 33 heavy (non-hydrogen) atoms. The monoisotopic (exact) mass is 443 g/mol. The molecule has 1 aromatic rings. The Morgan fingerprint density at radius 1 is 0.848 bits per heavy atom. The number of hydrogen-bond acceptors (Lipinski definition) is 1. The number of unbranched alkanes of at least 4 members (excludes halogenated alkanes) is 2. The minimum Gasteiger partial charge on any atom is -0.193 e. The van der Waals surface area contributed by atoms with Gasteiger partial charge in [0.2, 0.25) is 0 Å². The van der Waals surface area contributed by atoms with Gasteiger partial charge >= 0.3 is 0 Å². The number of rotatable bonds is 11. The Morgan fingerprint density at radius 2 is 1.52 bits per heavy atom. The molecule has 3 rings (SSSR count). The minimum atomic E-state index is 0.777. The van der Waals surface area contributed by atoms with Crippen molar-refractivity contribution in [1.82, 2.24) is 0 Å². The maximum absolute atomic E-state index is 8.50. The van der Waals surface area contributed by atoms with Gasteiger partial charge in [0.1, 0.15) is 0 Å². The molecule has 0 spiro atoms. The Balaban J connectivity index is 1.32. The van der Waals surface area contributed by atoms with E-state index in [4.69, 9.17) is 5.26 Å². The molecule has 1 heteroatoms. The summed E-state index contributed by atoms with van der Waals surface area (Å²) in [6, 6.07) is 11.6. The van der Waals surface area contributed by atoms with Gasteiger partial charge in [-0.3, -0.25) is 0 Å². The summed E-state index contributed by atoms with van der Waals surface area (Å²) in [7, 11) is 0. The summed E-state index contributed by atoms with van der Waals surface area (Å²) >= 11 is 0. The van der Waals surface area contributed by atoms with Crippen LogP contribution in [0.25, 0.3) is 0 Å². The van der Waals surface area contributed by atoms with Gasteiger partial charge in [-0.25, -0.2) is 0 Å². The third-order valence-corrected chi connectivity index (χ3v) is 8.00. The molecule has 2 aliphatic rings. The first-order chi connectivity index (χ1) is 16.3. The first kappa shape index (κ1) is 25.6. The molecule has 0 amide bonds. The van der Waals surface area contributed by atoms with E-state index in [0.717, 1.165) is 30.1 Å². The lowest BCUT2D eigenvalue weighted by Gasteiger charge is -2.29. The van der Waals surface area contributed by atoms with E-state index in [1.54, 1.807) is 5.56 Å². The van der Waals surface area contributed by atoms with Crippen LogP contribution in [0.2, 0.25) is 0 Å². The van der Waals surface area contributed by atoms with Crippen LogP contribution in [0.5, 0.6) is 0 Å². The first-order valence-corrected chi connectivity index (χ1v) is 13.8. The van der Waals surface area contributed by atoms with Gasteiger partial charge in [-0.2, -0.15) is 5.26 Å². The fraction of sp³-hybridized carbons (Fsp3) is 0.594. The topological polar surface area (TPSA) is 23.8 Å². The Morgan fingerprint density at radius 3 is 2.15 bits per heavy atom. The fourth-order valence-electron chi connectivity index (χ4n) is 5.77. The van der Waals surface area contributed by atoms with Gasteiger partial charge in [0.25, 0.3) is 0 Å². The van der Waals surface area contributed by atoms with E-state index in [9.17, 15) is 0 Å². The summed E-state index contributed by atoms with van der Waals surface area (Å²) in [5, 5.41) is 8.50. The van der Waals surface area contributed by atoms with Crippen molar-refractivity contribution in [2.45, 2.75) is 103 Å². The van der Waals surface area contributed by atoms with Crippen LogP contribution in [0.3, 0.4) is 0 Å². The van der Waals surface area contributed by atoms with Crippen LogP contribution in [0.4, 0.5) is 0 Å². The molecule has 2 aliphatic carbocycles. The highest BCUT2D eigenvalue weighted by molar-refractivity contribution is 5.26.